The van der Waals surface area contributed by atoms with E-state index in [9.17, 15) is 4.79 Å². The Hall–Kier alpha value is -0.790. The third kappa shape index (κ3) is 15.2. The standard InChI is InChI=1S/C26H50O2/c1-5-26(6-2,7-3)24-22-20-18-16-14-12-10-9-11-13-15-17-19-21-23-25(27)28-8-4/h9-10H,5-8,11-24H2,1-4H3/b10-9-. The lowest BCUT2D eigenvalue weighted by atomic mass is 9.75. The van der Waals surface area contributed by atoms with Gasteiger partial charge in [-0.15, -0.1) is 0 Å². The average molecular weight is 395 g/mol. The van der Waals surface area contributed by atoms with Gasteiger partial charge in [0.25, 0.3) is 0 Å². The number of hydrogen-bond donors (Lipinski definition) is 0. The summed E-state index contributed by atoms with van der Waals surface area (Å²) < 4.78 is 4.94. The van der Waals surface area contributed by atoms with Crippen molar-refractivity contribution in [3.63, 3.8) is 0 Å². The van der Waals surface area contributed by atoms with Gasteiger partial charge in [-0.1, -0.05) is 97.1 Å². The van der Waals surface area contributed by atoms with E-state index < -0.39 is 0 Å². The molecular weight excluding hydrogens is 344 g/mol. The molecule has 2 heteroatoms. The lowest BCUT2D eigenvalue weighted by Crippen LogP contribution is -2.17. The van der Waals surface area contributed by atoms with E-state index in [2.05, 4.69) is 32.9 Å². The first-order valence-electron chi connectivity index (χ1n) is 12.4. The third-order valence-electron chi connectivity index (χ3n) is 6.55. The van der Waals surface area contributed by atoms with Gasteiger partial charge in [0.2, 0.25) is 0 Å². The van der Waals surface area contributed by atoms with Gasteiger partial charge in [0, 0.05) is 6.42 Å². The second-order valence-corrected chi connectivity index (χ2v) is 8.45. The Labute approximate surface area is 176 Å². The Kier molecular flexibility index (Phi) is 19.0. The molecule has 0 saturated carbocycles. The first-order valence-corrected chi connectivity index (χ1v) is 12.4. The Morgan fingerprint density at radius 2 is 1.14 bits per heavy atom. The maximum absolute atomic E-state index is 11.2. The summed E-state index contributed by atoms with van der Waals surface area (Å²) >= 11 is 0. The van der Waals surface area contributed by atoms with Crippen LogP contribution in [0.2, 0.25) is 0 Å². The van der Waals surface area contributed by atoms with Crippen LogP contribution >= 0.6 is 0 Å². The first-order chi connectivity index (χ1) is 13.6. The molecule has 0 aliphatic rings. The van der Waals surface area contributed by atoms with Crippen LogP contribution in [0.1, 0.15) is 137 Å². The van der Waals surface area contributed by atoms with Crippen molar-refractivity contribution in [2.75, 3.05) is 6.61 Å². The highest BCUT2D eigenvalue weighted by atomic mass is 16.5. The summed E-state index contributed by atoms with van der Waals surface area (Å²) in [6.07, 6.45) is 26.2. The minimum absolute atomic E-state index is 0.0403. The molecule has 0 unspecified atom stereocenters. The van der Waals surface area contributed by atoms with Crippen LogP contribution in [0.5, 0.6) is 0 Å². The highest BCUT2D eigenvalue weighted by Gasteiger charge is 2.22. The van der Waals surface area contributed by atoms with Crippen molar-refractivity contribution in [3.05, 3.63) is 12.2 Å². The van der Waals surface area contributed by atoms with E-state index in [-0.39, 0.29) is 5.97 Å². The van der Waals surface area contributed by atoms with Gasteiger partial charge < -0.3 is 4.74 Å². The van der Waals surface area contributed by atoms with E-state index in [0.29, 0.717) is 18.4 Å². The maximum atomic E-state index is 11.2. The second kappa shape index (κ2) is 19.5. The molecule has 0 aromatic heterocycles. The van der Waals surface area contributed by atoms with Crippen LogP contribution in [0.4, 0.5) is 0 Å². The van der Waals surface area contributed by atoms with E-state index in [1.807, 2.05) is 6.92 Å². The fourth-order valence-corrected chi connectivity index (χ4v) is 4.10. The van der Waals surface area contributed by atoms with Crippen molar-refractivity contribution < 1.29 is 9.53 Å². The summed E-state index contributed by atoms with van der Waals surface area (Å²) in [7, 11) is 0. The molecule has 0 aromatic carbocycles. The smallest absolute Gasteiger partial charge is 0.305 e. The highest BCUT2D eigenvalue weighted by molar-refractivity contribution is 5.69. The number of carbonyl (C=O) groups is 1. The summed E-state index contributed by atoms with van der Waals surface area (Å²) in [6.45, 7) is 9.47. The molecule has 0 aromatic rings. The van der Waals surface area contributed by atoms with Gasteiger partial charge in [0.15, 0.2) is 0 Å². The van der Waals surface area contributed by atoms with Crippen molar-refractivity contribution in [1.82, 2.24) is 0 Å². The van der Waals surface area contributed by atoms with Gasteiger partial charge in [-0.05, 0) is 50.9 Å². The molecular formula is C26H50O2. The van der Waals surface area contributed by atoms with Crippen LogP contribution in [0.3, 0.4) is 0 Å². The zero-order chi connectivity index (χ0) is 20.9. The van der Waals surface area contributed by atoms with Gasteiger partial charge in [0.1, 0.15) is 0 Å². The van der Waals surface area contributed by atoms with Crippen molar-refractivity contribution >= 4 is 5.97 Å². The number of unbranched alkanes of at least 4 members (excludes halogenated alkanes) is 10. The number of allylic oxidation sites excluding steroid dienone is 2. The van der Waals surface area contributed by atoms with E-state index in [1.54, 1.807) is 0 Å². The third-order valence-corrected chi connectivity index (χ3v) is 6.55. The minimum Gasteiger partial charge on any atom is -0.466 e. The van der Waals surface area contributed by atoms with Crippen LogP contribution in [-0.2, 0) is 9.53 Å². The van der Waals surface area contributed by atoms with Gasteiger partial charge in [0.05, 0.1) is 6.61 Å². The average Bonchev–Trinajstić information content (AvgIpc) is 2.71. The van der Waals surface area contributed by atoms with Crippen LogP contribution in [-0.4, -0.2) is 12.6 Å². The summed E-state index contributed by atoms with van der Waals surface area (Å²) in [6, 6.07) is 0. The highest BCUT2D eigenvalue weighted by Crippen LogP contribution is 2.36. The SMILES string of the molecule is CCOC(=O)CCCCCCC/C=C\CCCCCCCC(CC)(CC)CC. The summed E-state index contributed by atoms with van der Waals surface area (Å²) in [5.41, 5.74) is 0.629. The normalized spacial score (nSPS) is 12.0. The molecule has 0 aliphatic heterocycles. The van der Waals surface area contributed by atoms with Crippen molar-refractivity contribution in [2.24, 2.45) is 5.41 Å². The lowest BCUT2D eigenvalue weighted by molar-refractivity contribution is -0.143. The molecule has 0 amide bonds. The molecule has 0 atom stereocenters. The topological polar surface area (TPSA) is 26.3 Å². The molecule has 2 nitrogen and oxygen atoms in total. The molecule has 28 heavy (non-hydrogen) atoms. The van der Waals surface area contributed by atoms with Crippen molar-refractivity contribution in [3.8, 4) is 0 Å². The maximum Gasteiger partial charge on any atom is 0.305 e. The number of rotatable bonds is 20. The van der Waals surface area contributed by atoms with Crippen molar-refractivity contribution in [1.29, 1.82) is 0 Å². The van der Waals surface area contributed by atoms with Gasteiger partial charge in [-0.2, -0.15) is 0 Å². The van der Waals surface area contributed by atoms with Gasteiger partial charge >= 0.3 is 5.97 Å². The van der Waals surface area contributed by atoms with Crippen LogP contribution < -0.4 is 0 Å². The van der Waals surface area contributed by atoms with Gasteiger partial charge in [-0.3, -0.25) is 4.79 Å². The fourth-order valence-electron chi connectivity index (χ4n) is 4.10. The Morgan fingerprint density at radius 3 is 1.64 bits per heavy atom. The molecule has 166 valence electrons. The molecule has 0 heterocycles. The predicted molar refractivity (Wildman–Crippen MR) is 124 cm³/mol. The summed E-state index contributed by atoms with van der Waals surface area (Å²) in [5.74, 6) is -0.0403. The summed E-state index contributed by atoms with van der Waals surface area (Å²) in [5, 5.41) is 0. The Morgan fingerprint density at radius 1 is 0.679 bits per heavy atom. The molecule has 0 radical (unpaired) electrons. The van der Waals surface area contributed by atoms with Crippen LogP contribution in [0.15, 0.2) is 12.2 Å². The molecule has 0 fully saturated rings. The molecule has 0 bridgehead atoms. The zero-order valence-corrected chi connectivity index (χ0v) is 19.7. The molecule has 0 rings (SSSR count). The van der Waals surface area contributed by atoms with E-state index >= 15 is 0 Å². The van der Waals surface area contributed by atoms with Crippen molar-refractivity contribution in [2.45, 2.75) is 137 Å². The van der Waals surface area contributed by atoms with E-state index in [0.717, 1.165) is 12.8 Å². The number of esters is 1. The lowest BCUT2D eigenvalue weighted by Gasteiger charge is -2.30. The molecule has 0 saturated heterocycles. The monoisotopic (exact) mass is 394 g/mol. The number of ether oxygens (including phenoxy) is 1. The second-order valence-electron chi connectivity index (χ2n) is 8.45. The van der Waals surface area contributed by atoms with Gasteiger partial charge in [-0.25, -0.2) is 0 Å². The quantitative estimate of drug-likeness (QED) is 0.117. The first kappa shape index (κ1) is 27.2. The van der Waals surface area contributed by atoms with Crippen LogP contribution in [0.25, 0.3) is 0 Å². The number of carbonyl (C=O) groups excluding carboxylic acids is 1. The van der Waals surface area contributed by atoms with Crippen LogP contribution in [0, 0.1) is 5.41 Å². The number of hydrogen-bond acceptors (Lipinski definition) is 2. The molecule has 0 aliphatic carbocycles. The zero-order valence-electron chi connectivity index (χ0n) is 19.7. The molecule has 0 spiro atoms. The van der Waals surface area contributed by atoms with E-state index in [4.69, 9.17) is 4.74 Å². The van der Waals surface area contributed by atoms with E-state index in [1.165, 1.54) is 89.9 Å². The summed E-state index contributed by atoms with van der Waals surface area (Å²) in [4.78, 5) is 11.2. The molecule has 0 N–H and O–H groups in total. The largest absolute Gasteiger partial charge is 0.466 e. The fraction of sp³-hybridized carbons (Fsp3) is 0.885. The Bertz CT molecular complexity index is 360. The predicted octanol–water partition coefficient (Wildman–Crippen LogP) is 8.78. The minimum atomic E-state index is -0.0403. The Balaban J connectivity index is 3.36.